The minimum Gasteiger partial charge on any atom is -0.465 e. The Labute approximate surface area is 123 Å². The molecule has 0 aliphatic heterocycles. The van der Waals surface area contributed by atoms with Crippen LogP contribution in [-0.2, 0) is 15.1 Å². The topological polar surface area (TPSA) is 46.5 Å². The van der Waals surface area contributed by atoms with Gasteiger partial charge in [0.25, 0.3) is 0 Å². The molecule has 19 heavy (non-hydrogen) atoms. The molecule has 1 unspecified atom stereocenters. The van der Waals surface area contributed by atoms with Gasteiger partial charge in [-0.2, -0.15) is 0 Å². The minimum absolute atomic E-state index is 0.306. The molecule has 0 heterocycles. The summed E-state index contributed by atoms with van der Waals surface area (Å²) in [6.45, 7) is 7.37. The van der Waals surface area contributed by atoms with Gasteiger partial charge in [-0.05, 0) is 44.9 Å². The fraction of sp³-hybridized carbons (Fsp3) is 0.533. The highest BCUT2D eigenvalue weighted by atomic mass is 79.9. The van der Waals surface area contributed by atoms with E-state index in [0.717, 1.165) is 4.47 Å². The minimum atomic E-state index is -1.26. The summed E-state index contributed by atoms with van der Waals surface area (Å²) in [6.07, 6.45) is 0.426. The highest BCUT2D eigenvalue weighted by Crippen LogP contribution is 2.43. The number of hydrogen-bond acceptors (Lipinski definition) is 3. The molecular formula is C15H21BrO3. The van der Waals surface area contributed by atoms with E-state index in [0.29, 0.717) is 18.6 Å². The molecule has 3 nitrogen and oxygen atoms in total. The second-order valence-electron chi connectivity index (χ2n) is 5.07. The van der Waals surface area contributed by atoms with Crippen LogP contribution in [0.1, 0.15) is 39.7 Å². The van der Waals surface area contributed by atoms with Crippen LogP contribution in [0.5, 0.6) is 0 Å². The van der Waals surface area contributed by atoms with E-state index in [1.165, 1.54) is 0 Å². The number of esters is 1. The summed E-state index contributed by atoms with van der Waals surface area (Å²) in [7, 11) is 0. The third-order valence-corrected chi connectivity index (χ3v) is 4.13. The van der Waals surface area contributed by atoms with Crippen LogP contribution in [0.3, 0.4) is 0 Å². The van der Waals surface area contributed by atoms with Crippen molar-refractivity contribution in [2.45, 2.75) is 39.7 Å². The molecule has 0 saturated carbocycles. The van der Waals surface area contributed by atoms with E-state index in [1.54, 1.807) is 20.8 Å². The second kappa shape index (κ2) is 6.06. The molecule has 0 bridgehead atoms. The number of rotatable bonds is 5. The predicted octanol–water partition coefficient (Wildman–Crippen LogP) is 3.64. The highest BCUT2D eigenvalue weighted by Gasteiger charge is 2.49. The van der Waals surface area contributed by atoms with Gasteiger partial charge in [-0.3, -0.25) is 4.79 Å². The predicted molar refractivity (Wildman–Crippen MR) is 78.7 cm³/mol. The zero-order valence-corrected chi connectivity index (χ0v) is 13.5. The van der Waals surface area contributed by atoms with Gasteiger partial charge >= 0.3 is 5.97 Å². The smallest absolute Gasteiger partial charge is 0.314 e. The van der Waals surface area contributed by atoms with Crippen LogP contribution in [0.15, 0.2) is 28.7 Å². The van der Waals surface area contributed by atoms with Crippen molar-refractivity contribution in [1.82, 2.24) is 0 Å². The summed E-state index contributed by atoms with van der Waals surface area (Å²) >= 11 is 3.39. The average Bonchev–Trinajstić information content (AvgIpc) is 2.37. The van der Waals surface area contributed by atoms with Crippen molar-refractivity contribution >= 4 is 21.9 Å². The number of benzene rings is 1. The summed E-state index contributed by atoms with van der Waals surface area (Å²) in [5, 5.41) is 11.0. The van der Waals surface area contributed by atoms with Gasteiger partial charge in [0, 0.05) is 4.47 Å². The molecule has 0 radical (unpaired) electrons. The molecule has 0 aliphatic carbocycles. The third-order valence-electron chi connectivity index (χ3n) is 3.63. The van der Waals surface area contributed by atoms with Crippen LogP contribution in [0.25, 0.3) is 0 Å². The summed E-state index contributed by atoms with van der Waals surface area (Å²) in [6, 6.07) is 7.40. The van der Waals surface area contributed by atoms with E-state index < -0.39 is 11.0 Å². The first-order valence-corrected chi connectivity index (χ1v) is 7.24. The van der Waals surface area contributed by atoms with E-state index in [-0.39, 0.29) is 5.97 Å². The molecule has 0 saturated heterocycles. The fourth-order valence-electron chi connectivity index (χ4n) is 2.23. The molecule has 0 amide bonds. The van der Waals surface area contributed by atoms with E-state index in [2.05, 4.69) is 15.9 Å². The van der Waals surface area contributed by atoms with Crippen molar-refractivity contribution in [3.05, 3.63) is 34.3 Å². The van der Waals surface area contributed by atoms with Crippen molar-refractivity contribution in [2.24, 2.45) is 5.41 Å². The number of halogens is 1. The second-order valence-corrected chi connectivity index (χ2v) is 5.99. The van der Waals surface area contributed by atoms with Gasteiger partial charge in [-0.15, -0.1) is 0 Å². The van der Waals surface area contributed by atoms with Crippen LogP contribution in [-0.4, -0.2) is 17.7 Å². The Bertz CT molecular complexity index is 456. The van der Waals surface area contributed by atoms with Crippen LogP contribution in [0.4, 0.5) is 0 Å². The Morgan fingerprint density at radius 1 is 1.37 bits per heavy atom. The molecule has 1 aromatic rings. The third kappa shape index (κ3) is 3.00. The van der Waals surface area contributed by atoms with Crippen molar-refractivity contribution in [3.63, 3.8) is 0 Å². The molecule has 0 aromatic heterocycles. The molecule has 106 valence electrons. The van der Waals surface area contributed by atoms with Crippen molar-refractivity contribution in [2.75, 3.05) is 6.61 Å². The first kappa shape index (κ1) is 16.2. The van der Waals surface area contributed by atoms with Crippen molar-refractivity contribution in [1.29, 1.82) is 0 Å². The normalized spacial score (nSPS) is 14.8. The van der Waals surface area contributed by atoms with Crippen LogP contribution >= 0.6 is 15.9 Å². The van der Waals surface area contributed by atoms with Gasteiger partial charge in [0.2, 0.25) is 0 Å². The van der Waals surface area contributed by atoms with Gasteiger partial charge in [0.1, 0.15) is 5.60 Å². The molecule has 0 fully saturated rings. The average molecular weight is 329 g/mol. The maximum atomic E-state index is 12.1. The molecular weight excluding hydrogens is 308 g/mol. The largest absolute Gasteiger partial charge is 0.465 e. The lowest BCUT2D eigenvalue weighted by Gasteiger charge is -2.40. The van der Waals surface area contributed by atoms with E-state index in [1.807, 2.05) is 31.2 Å². The van der Waals surface area contributed by atoms with E-state index >= 15 is 0 Å². The van der Waals surface area contributed by atoms with Gasteiger partial charge in [-0.1, -0.05) is 35.0 Å². The number of carbonyl (C=O) groups excluding carboxylic acids is 1. The lowest BCUT2D eigenvalue weighted by atomic mass is 9.69. The van der Waals surface area contributed by atoms with Crippen LogP contribution in [0.2, 0.25) is 0 Å². The zero-order chi connectivity index (χ0) is 14.7. The van der Waals surface area contributed by atoms with Crippen LogP contribution in [0, 0.1) is 5.41 Å². The summed E-state index contributed by atoms with van der Waals surface area (Å²) in [5.41, 5.74) is -1.57. The van der Waals surface area contributed by atoms with Crippen LogP contribution < -0.4 is 0 Å². The fourth-order valence-corrected chi connectivity index (χ4v) is 2.63. The Kier molecular flexibility index (Phi) is 5.16. The number of ether oxygens (including phenoxy) is 1. The number of carbonyl (C=O) groups is 1. The number of aliphatic hydroxyl groups is 1. The highest BCUT2D eigenvalue weighted by molar-refractivity contribution is 9.10. The molecule has 4 heteroatoms. The first-order chi connectivity index (χ1) is 8.79. The van der Waals surface area contributed by atoms with Gasteiger partial charge in [-0.25, -0.2) is 0 Å². The molecule has 1 atom stereocenters. The maximum absolute atomic E-state index is 12.1. The molecule has 1 rings (SSSR count). The van der Waals surface area contributed by atoms with Gasteiger partial charge in [0.15, 0.2) is 0 Å². The SMILES string of the molecule is CCOC(=O)C(C)(C)C(O)(CC)c1cccc(Br)c1. The summed E-state index contributed by atoms with van der Waals surface area (Å²) in [5.74, 6) is -0.390. The quantitative estimate of drug-likeness (QED) is 0.839. The maximum Gasteiger partial charge on any atom is 0.314 e. The van der Waals surface area contributed by atoms with Crippen molar-refractivity contribution < 1.29 is 14.6 Å². The zero-order valence-electron chi connectivity index (χ0n) is 11.9. The van der Waals surface area contributed by atoms with Crippen molar-refractivity contribution in [3.8, 4) is 0 Å². The number of hydrogen-bond donors (Lipinski definition) is 1. The molecule has 0 spiro atoms. The summed E-state index contributed by atoms with van der Waals surface area (Å²) in [4.78, 5) is 12.1. The van der Waals surface area contributed by atoms with E-state index in [4.69, 9.17) is 4.74 Å². The standard InChI is InChI=1S/C15H21BrO3/c1-5-15(18,11-8-7-9-12(16)10-11)14(3,4)13(17)19-6-2/h7-10,18H,5-6H2,1-4H3. The molecule has 1 N–H and O–H groups in total. The first-order valence-electron chi connectivity index (χ1n) is 6.45. The van der Waals surface area contributed by atoms with Gasteiger partial charge in [0.05, 0.1) is 12.0 Å². The van der Waals surface area contributed by atoms with E-state index in [9.17, 15) is 9.90 Å². The Hall–Kier alpha value is -0.870. The Morgan fingerprint density at radius 3 is 2.47 bits per heavy atom. The monoisotopic (exact) mass is 328 g/mol. The Morgan fingerprint density at radius 2 is 2.00 bits per heavy atom. The molecule has 0 aliphatic rings. The lowest BCUT2D eigenvalue weighted by Crippen LogP contribution is -2.47. The summed E-state index contributed by atoms with van der Waals surface area (Å²) < 4.78 is 5.97. The lowest BCUT2D eigenvalue weighted by molar-refractivity contribution is -0.173. The molecule has 1 aromatic carbocycles. The van der Waals surface area contributed by atoms with Gasteiger partial charge < -0.3 is 9.84 Å². The Balaban J connectivity index is 3.26.